The third-order valence-electron chi connectivity index (χ3n) is 5.91. The fourth-order valence-corrected chi connectivity index (χ4v) is 3.89. The van der Waals surface area contributed by atoms with Crippen LogP contribution < -0.4 is 5.32 Å². The van der Waals surface area contributed by atoms with E-state index < -0.39 is 46.9 Å². The second-order valence-electron chi connectivity index (χ2n) is 8.24. The van der Waals surface area contributed by atoms with Gasteiger partial charge < -0.3 is 15.5 Å². The Hall–Kier alpha value is -2.87. The highest BCUT2D eigenvalue weighted by atomic mass is 19.4. The average molecular weight is 535 g/mol. The molecule has 1 saturated heterocycles. The molecule has 4 nitrogen and oxygen atoms in total. The largest absolute Gasteiger partial charge is 0.490 e. The molecule has 2 aromatic rings. The molecule has 0 radical (unpaired) electrons. The van der Waals surface area contributed by atoms with Crippen molar-refractivity contribution in [1.82, 2.24) is 5.32 Å². The van der Waals surface area contributed by atoms with Gasteiger partial charge in [0.25, 0.3) is 5.60 Å². The van der Waals surface area contributed by atoms with Crippen molar-refractivity contribution >= 4 is 5.97 Å². The summed E-state index contributed by atoms with van der Waals surface area (Å²) in [7, 11) is 0. The number of halogens is 10. The molecule has 0 saturated carbocycles. The maximum Gasteiger partial charge on any atom is 0.490 e. The van der Waals surface area contributed by atoms with Crippen molar-refractivity contribution < 1.29 is 58.9 Å². The Morgan fingerprint density at radius 2 is 1.33 bits per heavy atom. The molecule has 0 amide bonds. The van der Waals surface area contributed by atoms with E-state index in [0.717, 1.165) is 17.7 Å². The van der Waals surface area contributed by atoms with Gasteiger partial charge in [0.1, 0.15) is 5.82 Å². The summed E-state index contributed by atoms with van der Waals surface area (Å²) in [5, 5.41) is 19.8. The Bertz CT molecular complexity index is 1030. The Labute approximate surface area is 197 Å². The van der Waals surface area contributed by atoms with Crippen LogP contribution in [0.2, 0.25) is 0 Å². The molecule has 1 aliphatic heterocycles. The van der Waals surface area contributed by atoms with E-state index in [1.807, 2.05) is 6.92 Å². The van der Waals surface area contributed by atoms with Crippen molar-refractivity contribution in [3.63, 3.8) is 0 Å². The quantitative estimate of drug-likeness (QED) is 0.460. The highest BCUT2D eigenvalue weighted by Crippen LogP contribution is 2.50. The molecule has 0 unspecified atom stereocenters. The molecule has 200 valence electrons. The van der Waals surface area contributed by atoms with Gasteiger partial charge in [-0.2, -0.15) is 39.5 Å². The van der Waals surface area contributed by atoms with Crippen molar-refractivity contribution in [3.05, 3.63) is 71.0 Å². The van der Waals surface area contributed by atoms with Crippen LogP contribution in [0.15, 0.2) is 48.5 Å². The number of carbonyl (C=O) groups is 1. The molecule has 14 heteroatoms. The van der Waals surface area contributed by atoms with Crippen molar-refractivity contribution in [2.75, 3.05) is 13.1 Å². The molecule has 0 bridgehead atoms. The second-order valence-corrected chi connectivity index (χ2v) is 8.24. The molecule has 0 spiro atoms. The van der Waals surface area contributed by atoms with Gasteiger partial charge in [0, 0.05) is 30.0 Å². The topological polar surface area (TPSA) is 69.6 Å². The first-order valence-electron chi connectivity index (χ1n) is 9.98. The predicted octanol–water partition coefficient (Wildman–Crippen LogP) is 5.42. The highest BCUT2D eigenvalue weighted by Gasteiger charge is 2.71. The molecular weight excluding hydrogens is 516 g/mol. The summed E-state index contributed by atoms with van der Waals surface area (Å²) in [6.45, 7) is 2.83. The van der Waals surface area contributed by atoms with Gasteiger partial charge in [-0.3, -0.25) is 0 Å². The van der Waals surface area contributed by atoms with Crippen LogP contribution in [0.5, 0.6) is 0 Å². The van der Waals surface area contributed by atoms with E-state index in [9.17, 15) is 49.0 Å². The Morgan fingerprint density at radius 3 is 1.72 bits per heavy atom. The lowest BCUT2D eigenvalue weighted by Crippen LogP contribution is -2.53. The van der Waals surface area contributed by atoms with E-state index in [0.29, 0.717) is 30.8 Å². The van der Waals surface area contributed by atoms with Crippen LogP contribution in [-0.4, -0.2) is 47.8 Å². The van der Waals surface area contributed by atoms with Crippen molar-refractivity contribution in [3.8, 4) is 0 Å². The standard InChI is InChI=1S/C20H18F7NO.C2HF3O2/c1-17(13-6-8-15(21)9-7-13)11-28-10-16(17)12-2-4-14(5-3-12)18(29,19(22,23)24)20(25,26)27;3-2(4,5)1(6)7/h2-9,16,28-29H,10-11H2,1H3;(H,6,7)/t16-,17+;/m0./s1. The maximum atomic E-state index is 13.2. The lowest BCUT2D eigenvalue weighted by atomic mass is 9.71. The summed E-state index contributed by atoms with van der Waals surface area (Å²) in [6, 6.07) is 9.44. The summed E-state index contributed by atoms with van der Waals surface area (Å²) >= 11 is 0. The zero-order valence-electron chi connectivity index (χ0n) is 18.2. The lowest BCUT2D eigenvalue weighted by molar-refractivity contribution is -0.376. The number of nitrogens with one attached hydrogen (secondary N) is 1. The van der Waals surface area contributed by atoms with Gasteiger partial charge in [0.05, 0.1) is 0 Å². The van der Waals surface area contributed by atoms with E-state index >= 15 is 0 Å². The molecule has 36 heavy (non-hydrogen) atoms. The fraction of sp³-hybridized carbons (Fsp3) is 0.409. The summed E-state index contributed by atoms with van der Waals surface area (Å²) in [6.07, 6.45) is -16.9. The van der Waals surface area contributed by atoms with E-state index in [1.54, 1.807) is 12.1 Å². The van der Waals surface area contributed by atoms with Crippen LogP contribution in [0, 0.1) is 5.82 Å². The Balaban J connectivity index is 0.000000572. The SMILES string of the molecule is C[C@]1(c2ccc(F)cc2)CNC[C@H]1c1ccc(C(O)(C(F)(F)F)C(F)(F)F)cc1.O=C(O)C(F)(F)F. The Morgan fingerprint density at radius 1 is 0.889 bits per heavy atom. The smallest absolute Gasteiger partial charge is 0.475 e. The van der Waals surface area contributed by atoms with Gasteiger partial charge in [-0.15, -0.1) is 0 Å². The highest BCUT2D eigenvalue weighted by molar-refractivity contribution is 5.73. The minimum atomic E-state index is -5.93. The van der Waals surface area contributed by atoms with E-state index in [1.165, 1.54) is 12.1 Å². The van der Waals surface area contributed by atoms with Gasteiger partial charge in [-0.1, -0.05) is 43.3 Å². The average Bonchev–Trinajstić information content (AvgIpc) is 3.14. The van der Waals surface area contributed by atoms with E-state index in [-0.39, 0.29) is 5.92 Å². The van der Waals surface area contributed by atoms with E-state index in [4.69, 9.17) is 9.90 Å². The number of carboxylic acids is 1. The number of aliphatic carboxylic acids is 1. The minimum absolute atomic E-state index is 0.271. The summed E-state index contributed by atoms with van der Waals surface area (Å²) < 4.78 is 123. The predicted molar refractivity (Wildman–Crippen MR) is 106 cm³/mol. The van der Waals surface area contributed by atoms with E-state index in [2.05, 4.69) is 5.32 Å². The van der Waals surface area contributed by atoms with Crippen LogP contribution in [0.25, 0.3) is 0 Å². The summed E-state index contributed by atoms with van der Waals surface area (Å²) in [4.78, 5) is 8.90. The molecule has 1 fully saturated rings. The zero-order valence-corrected chi connectivity index (χ0v) is 18.2. The first-order valence-corrected chi connectivity index (χ1v) is 9.98. The van der Waals surface area contributed by atoms with Crippen LogP contribution in [0.1, 0.15) is 29.5 Å². The van der Waals surface area contributed by atoms with Gasteiger partial charge in [-0.25, -0.2) is 9.18 Å². The van der Waals surface area contributed by atoms with Crippen molar-refractivity contribution in [1.29, 1.82) is 0 Å². The number of rotatable bonds is 3. The summed E-state index contributed by atoms with van der Waals surface area (Å²) in [5.74, 6) is -3.44. The van der Waals surface area contributed by atoms with Crippen LogP contribution >= 0.6 is 0 Å². The molecule has 0 aromatic heterocycles. The van der Waals surface area contributed by atoms with Crippen LogP contribution in [-0.2, 0) is 15.8 Å². The molecule has 1 heterocycles. The van der Waals surface area contributed by atoms with Crippen molar-refractivity contribution in [2.24, 2.45) is 0 Å². The first-order chi connectivity index (χ1) is 16.2. The number of benzene rings is 2. The first kappa shape index (κ1) is 29.4. The molecular formula is C22H19F10NO3. The molecule has 3 N–H and O–H groups in total. The number of hydrogen-bond donors (Lipinski definition) is 3. The third-order valence-corrected chi connectivity index (χ3v) is 5.91. The van der Waals surface area contributed by atoms with Crippen molar-refractivity contribution in [2.45, 2.75) is 42.4 Å². The molecule has 0 aliphatic carbocycles. The van der Waals surface area contributed by atoms with Gasteiger partial charge >= 0.3 is 24.5 Å². The number of hydrogen-bond acceptors (Lipinski definition) is 3. The lowest BCUT2D eigenvalue weighted by Gasteiger charge is -2.34. The zero-order chi connectivity index (χ0) is 27.7. The summed E-state index contributed by atoms with van der Waals surface area (Å²) in [5.41, 5.74) is -5.49. The number of alkyl halides is 9. The van der Waals surface area contributed by atoms with Crippen LogP contribution in [0.4, 0.5) is 43.9 Å². The number of carboxylic acid groups (broad SMARTS) is 1. The third kappa shape index (κ3) is 5.75. The van der Waals surface area contributed by atoms with Gasteiger partial charge in [0.2, 0.25) is 0 Å². The fourth-order valence-electron chi connectivity index (χ4n) is 3.89. The molecule has 3 rings (SSSR count). The normalized spacial score (nSPS) is 21.1. The second kappa shape index (κ2) is 9.88. The number of aliphatic hydroxyl groups is 1. The van der Waals surface area contributed by atoms with Gasteiger partial charge in [0.15, 0.2) is 0 Å². The Kier molecular flexibility index (Phi) is 8.06. The van der Waals surface area contributed by atoms with Crippen LogP contribution in [0.3, 0.4) is 0 Å². The maximum absolute atomic E-state index is 13.2. The minimum Gasteiger partial charge on any atom is -0.475 e. The monoisotopic (exact) mass is 535 g/mol. The molecule has 2 atom stereocenters. The molecule has 2 aromatic carbocycles. The van der Waals surface area contributed by atoms with Gasteiger partial charge in [-0.05, 0) is 23.3 Å². The molecule has 1 aliphatic rings.